The summed E-state index contributed by atoms with van der Waals surface area (Å²) in [4.78, 5) is 25.0. The minimum Gasteiger partial charge on any atom is -0.330 e. The van der Waals surface area contributed by atoms with Gasteiger partial charge in [-0.15, -0.1) is 0 Å². The molecular formula is C30H33F2N5O. The highest BCUT2D eigenvalue weighted by molar-refractivity contribution is 5.94. The maximum atomic E-state index is 14.8. The van der Waals surface area contributed by atoms with Crippen LogP contribution >= 0.6 is 0 Å². The van der Waals surface area contributed by atoms with Gasteiger partial charge in [0.2, 0.25) is 0 Å². The van der Waals surface area contributed by atoms with E-state index in [2.05, 4.69) is 4.98 Å². The number of carbonyl (C=O) groups excluding carboxylic acids is 1. The number of benzene rings is 2. The topological polar surface area (TPSA) is 77.0 Å². The molecule has 2 aromatic heterocycles. The zero-order chi connectivity index (χ0) is 27.3. The fourth-order valence-corrected chi connectivity index (χ4v) is 4.61. The van der Waals surface area contributed by atoms with Gasteiger partial charge in [-0.3, -0.25) is 9.78 Å². The van der Waals surface area contributed by atoms with E-state index in [4.69, 9.17) is 10.7 Å². The van der Waals surface area contributed by atoms with Gasteiger partial charge in [-0.2, -0.15) is 0 Å². The van der Waals surface area contributed by atoms with E-state index in [1.807, 2.05) is 80.1 Å². The van der Waals surface area contributed by atoms with Crippen LogP contribution in [0.2, 0.25) is 0 Å². The number of aromatic nitrogens is 3. The van der Waals surface area contributed by atoms with Gasteiger partial charge in [0.1, 0.15) is 23.2 Å². The van der Waals surface area contributed by atoms with Gasteiger partial charge < -0.3 is 15.2 Å². The first-order valence-corrected chi connectivity index (χ1v) is 12.7. The molecule has 0 aliphatic rings. The Bertz CT molecular complexity index is 1370. The lowest BCUT2D eigenvalue weighted by molar-refractivity contribution is 0.0477. The van der Waals surface area contributed by atoms with Crippen molar-refractivity contribution in [1.82, 2.24) is 19.4 Å². The van der Waals surface area contributed by atoms with Gasteiger partial charge >= 0.3 is 0 Å². The number of pyridine rings is 1. The second-order valence-electron chi connectivity index (χ2n) is 10.3. The van der Waals surface area contributed by atoms with Crippen LogP contribution in [0.25, 0.3) is 11.4 Å². The van der Waals surface area contributed by atoms with E-state index in [9.17, 15) is 13.6 Å². The second kappa shape index (κ2) is 11.6. The molecule has 4 rings (SSSR count). The van der Waals surface area contributed by atoms with Crippen molar-refractivity contribution in [1.29, 1.82) is 0 Å². The van der Waals surface area contributed by atoms with E-state index in [0.717, 1.165) is 17.7 Å². The van der Waals surface area contributed by atoms with Crippen molar-refractivity contribution in [2.24, 2.45) is 11.1 Å². The number of carbonyl (C=O) groups is 1. The summed E-state index contributed by atoms with van der Waals surface area (Å²) >= 11 is 0. The van der Waals surface area contributed by atoms with Gasteiger partial charge in [-0.05, 0) is 48.2 Å². The van der Waals surface area contributed by atoms with Crippen LogP contribution in [-0.4, -0.2) is 38.4 Å². The first kappa shape index (κ1) is 27.1. The summed E-state index contributed by atoms with van der Waals surface area (Å²) < 4.78 is 30.5. The molecule has 0 saturated heterocycles. The van der Waals surface area contributed by atoms with Crippen LogP contribution in [0, 0.1) is 17.0 Å². The third kappa shape index (κ3) is 6.14. The predicted molar refractivity (Wildman–Crippen MR) is 144 cm³/mol. The molecule has 4 aromatic rings. The summed E-state index contributed by atoms with van der Waals surface area (Å²) in [6, 6.07) is 18.1. The summed E-state index contributed by atoms with van der Waals surface area (Å²) in [5, 5.41) is 0. The highest BCUT2D eigenvalue weighted by Gasteiger charge is 2.39. The molecule has 0 radical (unpaired) electrons. The van der Waals surface area contributed by atoms with E-state index in [0.29, 0.717) is 36.7 Å². The van der Waals surface area contributed by atoms with E-state index in [-0.39, 0.29) is 12.1 Å². The van der Waals surface area contributed by atoms with Crippen LogP contribution in [0.3, 0.4) is 0 Å². The predicted octanol–water partition coefficient (Wildman–Crippen LogP) is 5.85. The minimum absolute atomic E-state index is 0.191. The Morgan fingerprint density at radius 2 is 1.76 bits per heavy atom. The normalized spacial score (nSPS) is 12.4. The molecule has 0 bridgehead atoms. The van der Waals surface area contributed by atoms with Gasteiger partial charge in [0.15, 0.2) is 0 Å². The summed E-state index contributed by atoms with van der Waals surface area (Å²) in [6.07, 6.45) is 4.15. The summed E-state index contributed by atoms with van der Waals surface area (Å²) in [7, 11) is 0. The van der Waals surface area contributed by atoms with Crippen molar-refractivity contribution in [3.05, 3.63) is 108 Å². The maximum Gasteiger partial charge on any atom is 0.257 e. The first-order valence-electron chi connectivity index (χ1n) is 12.7. The van der Waals surface area contributed by atoms with Gasteiger partial charge in [0.25, 0.3) is 5.91 Å². The lowest BCUT2D eigenvalue weighted by Crippen LogP contribution is -2.43. The molecular weight excluding hydrogens is 484 g/mol. The number of hydrogen-bond acceptors (Lipinski definition) is 4. The lowest BCUT2D eigenvalue weighted by Gasteiger charge is -2.40. The molecule has 198 valence electrons. The Balaban J connectivity index is 1.87. The van der Waals surface area contributed by atoms with E-state index in [1.54, 1.807) is 11.1 Å². The fourth-order valence-electron chi connectivity index (χ4n) is 4.61. The molecule has 8 heteroatoms. The molecule has 0 unspecified atom stereocenters. The van der Waals surface area contributed by atoms with Crippen LogP contribution in [0.4, 0.5) is 8.78 Å². The molecule has 0 aliphatic carbocycles. The lowest BCUT2D eigenvalue weighted by atomic mass is 9.84. The Morgan fingerprint density at radius 1 is 1.03 bits per heavy atom. The Hall–Kier alpha value is -3.91. The smallest absolute Gasteiger partial charge is 0.257 e. The van der Waals surface area contributed by atoms with Crippen LogP contribution < -0.4 is 5.73 Å². The van der Waals surface area contributed by atoms with E-state index < -0.39 is 29.0 Å². The van der Waals surface area contributed by atoms with Gasteiger partial charge in [0, 0.05) is 31.5 Å². The third-order valence-electron chi connectivity index (χ3n) is 6.33. The molecule has 0 fully saturated rings. The van der Waals surface area contributed by atoms with Crippen LogP contribution in [0.5, 0.6) is 0 Å². The van der Waals surface area contributed by atoms with Crippen molar-refractivity contribution < 1.29 is 13.6 Å². The van der Waals surface area contributed by atoms with Crippen molar-refractivity contribution in [2.75, 3.05) is 13.1 Å². The van der Waals surface area contributed by atoms with Crippen LogP contribution in [0.1, 0.15) is 55.0 Å². The quantitative estimate of drug-likeness (QED) is 0.302. The molecule has 2 heterocycles. The SMILES string of the molecule is CC(C)(C)[C@H](c1nc(-c2ccccn2)cn1Cc1ccccc1)N(CCCN)C(=O)c1ccc(F)cc1F. The zero-order valence-corrected chi connectivity index (χ0v) is 21.9. The summed E-state index contributed by atoms with van der Waals surface area (Å²) in [5.41, 5.74) is 7.59. The van der Waals surface area contributed by atoms with Crippen LogP contribution in [0.15, 0.2) is 79.1 Å². The zero-order valence-electron chi connectivity index (χ0n) is 21.9. The van der Waals surface area contributed by atoms with E-state index in [1.165, 1.54) is 6.07 Å². The Kier molecular flexibility index (Phi) is 8.32. The molecule has 0 aliphatic heterocycles. The second-order valence-corrected chi connectivity index (χ2v) is 10.3. The highest BCUT2D eigenvalue weighted by atomic mass is 19.1. The van der Waals surface area contributed by atoms with Crippen molar-refractivity contribution in [2.45, 2.75) is 39.8 Å². The van der Waals surface area contributed by atoms with Crippen molar-refractivity contribution in [3.8, 4) is 11.4 Å². The number of nitrogens with two attached hydrogens (primary N) is 1. The number of rotatable bonds is 9. The average molecular weight is 518 g/mol. The summed E-state index contributed by atoms with van der Waals surface area (Å²) in [6.45, 7) is 7.21. The molecule has 0 saturated carbocycles. The molecule has 0 spiro atoms. The number of imidazole rings is 1. The summed E-state index contributed by atoms with van der Waals surface area (Å²) in [5.74, 6) is -1.53. The largest absolute Gasteiger partial charge is 0.330 e. The maximum absolute atomic E-state index is 14.8. The fraction of sp³-hybridized carbons (Fsp3) is 0.300. The van der Waals surface area contributed by atoms with Gasteiger partial charge in [-0.25, -0.2) is 13.8 Å². The van der Waals surface area contributed by atoms with Gasteiger partial charge in [0.05, 0.1) is 17.3 Å². The molecule has 1 atom stereocenters. The van der Waals surface area contributed by atoms with E-state index >= 15 is 0 Å². The molecule has 1 amide bonds. The average Bonchev–Trinajstić information content (AvgIpc) is 3.29. The Morgan fingerprint density at radius 3 is 2.39 bits per heavy atom. The number of nitrogens with zero attached hydrogens (tertiary/aromatic N) is 4. The van der Waals surface area contributed by atoms with Crippen molar-refractivity contribution in [3.63, 3.8) is 0 Å². The standard InChI is InChI=1S/C30H33F2N5O/c1-30(2,3)27(37(17-9-15-33)29(38)23-14-13-22(31)18-24(23)32)28-35-26(25-12-7-8-16-34-25)20-36(28)19-21-10-5-4-6-11-21/h4-8,10-14,16,18,20,27H,9,15,17,19,33H2,1-3H3/t27-/m0/s1. The molecule has 2 N–H and O–H groups in total. The first-order chi connectivity index (χ1) is 18.2. The molecule has 38 heavy (non-hydrogen) atoms. The molecule has 2 aromatic carbocycles. The van der Waals surface area contributed by atoms with Crippen LogP contribution in [-0.2, 0) is 6.54 Å². The monoisotopic (exact) mass is 517 g/mol. The number of amides is 1. The minimum atomic E-state index is -0.901. The van der Waals surface area contributed by atoms with Gasteiger partial charge in [-0.1, -0.05) is 57.2 Å². The number of hydrogen-bond donors (Lipinski definition) is 1. The third-order valence-corrected chi connectivity index (χ3v) is 6.33. The Labute approximate surface area is 222 Å². The molecule has 6 nitrogen and oxygen atoms in total. The van der Waals surface area contributed by atoms with Crippen molar-refractivity contribution >= 4 is 5.91 Å². The highest BCUT2D eigenvalue weighted by Crippen LogP contribution is 2.40. The number of halogens is 2.